The molecule has 1 aromatic rings. The van der Waals surface area contributed by atoms with Gasteiger partial charge in [0.15, 0.2) is 15.7 Å². The summed E-state index contributed by atoms with van der Waals surface area (Å²) in [6, 6.07) is 0. The predicted molar refractivity (Wildman–Crippen MR) is 63.8 cm³/mol. The van der Waals surface area contributed by atoms with Gasteiger partial charge in [0.1, 0.15) is 5.78 Å². The average Bonchev–Trinajstić information content (AvgIpc) is 2.62. The molecule has 0 N–H and O–H groups in total. The van der Waals surface area contributed by atoms with Crippen LogP contribution in [0.25, 0.3) is 0 Å². The Hall–Kier alpha value is -1.24. The number of carbonyl (C=O) groups excluding carboxylic acids is 1. The monoisotopic (exact) mass is 272 g/mol. The summed E-state index contributed by atoms with van der Waals surface area (Å²) in [7, 11) is -2.90. The van der Waals surface area contributed by atoms with E-state index in [0.717, 1.165) is 6.42 Å². The van der Waals surface area contributed by atoms with E-state index in [1.807, 2.05) is 0 Å². The van der Waals surface area contributed by atoms with Gasteiger partial charge in [0.2, 0.25) is 5.89 Å². The van der Waals surface area contributed by atoms with Crippen LogP contribution in [0.15, 0.2) is 4.52 Å². The van der Waals surface area contributed by atoms with E-state index < -0.39 is 9.84 Å². The molecule has 2 rings (SSSR count). The second-order valence-corrected chi connectivity index (χ2v) is 7.04. The van der Waals surface area contributed by atoms with Crippen molar-refractivity contribution < 1.29 is 17.7 Å². The van der Waals surface area contributed by atoms with E-state index in [1.165, 1.54) is 6.92 Å². The zero-order chi connectivity index (χ0) is 13.2. The van der Waals surface area contributed by atoms with Gasteiger partial charge in [-0.1, -0.05) is 5.16 Å². The summed E-state index contributed by atoms with van der Waals surface area (Å²) in [5.41, 5.74) is 0. The number of rotatable bonds is 4. The Labute approximate surface area is 106 Å². The molecule has 0 aliphatic carbocycles. The first-order chi connectivity index (χ1) is 8.44. The second kappa shape index (κ2) is 5.17. The molecule has 1 aromatic heterocycles. The zero-order valence-electron chi connectivity index (χ0n) is 10.3. The lowest BCUT2D eigenvalue weighted by atomic mass is 10.0. The lowest BCUT2D eigenvalue weighted by Crippen LogP contribution is -2.26. The molecule has 0 radical (unpaired) electrons. The van der Waals surface area contributed by atoms with Crippen LogP contribution in [0.5, 0.6) is 0 Å². The Morgan fingerprint density at radius 2 is 2.28 bits per heavy atom. The first-order valence-electron chi connectivity index (χ1n) is 5.96. The fourth-order valence-corrected chi connectivity index (χ4v) is 3.97. The molecule has 100 valence electrons. The Kier molecular flexibility index (Phi) is 3.79. The smallest absolute Gasteiger partial charge is 0.234 e. The van der Waals surface area contributed by atoms with Crippen LogP contribution in [0.4, 0.5) is 0 Å². The molecule has 7 heteroatoms. The van der Waals surface area contributed by atoms with Crippen molar-refractivity contribution >= 4 is 15.6 Å². The summed E-state index contributed by atoms with van der Waals surface area (Å²) in [5.74, 6) is 1.30. The SMILES string of the molecule is CC(=O)Cc1nc(CC2CCCS(=O)(=O)C2)no1. The number of aromatic nitrogens is 2. The van der Waals surface area contributed by atoms with Gasteiger partial charge in [0, 0.05) is 6.42 Å². The topological polar surface area (TPSA) is 90.1 Å². The van der Waals surface area contributed by atoms with Crippen LogP contribution in [-0.4, -0.2) is 35.8 Å². The van der Waals surface area contributed by atoms with Gasteiger partial charge >= 0.3 is 0 Å². The molecule has 1 aliphatic rings. The van der Waals surface area contributed by atoms with Crippen molar-refractivity contribution in [1.82, 2.24) is 10.1 Å². The normalized spacial score (nSPS) is 22.8. The molecule has 6 nitrogen and oxygen atoms in total. The Morgan fingerprint density at radius 3 is 2.94 bits per heavy atom. The molecule has 1 fully saturated rings. The van der Waals surface area contributed by atoms with Crippen LogP contribution in [0.1, 0.15) is 31.5 Å². The van der Waals surface area contributed by atoms with Crippen molar-refractivity contribution in [3.63, 3.8) is 0 Å². The number of hydrogen-bond acceptors (Lipinski definition) is 6. The lowest BCUT2D eigenvalue weighted by Gasteiger charge is -2.20. The Morgan fingerprint density at radius 1 is 1.50 bits per heavy atom. The minimum Gasteiger partial charge on any atom is -0.339 e. The van der Waals surface area contributed by atoms with Gasteiger partial charge in [-0.2, -0.15) is 4.98 Å². The van der Waals surface area contributed by atoms with Crippen LogP contribution in [0.3, 0.4) is 0 Å². The first-order valence-corrected chi connectivity index (χ1v) is 7.78. The summed E-state index contributed by atoms with van der Waals surface area (Å²) in [4.78, 5) is 15.0. The quantitative estimate of drug-likeness (QED) is 0.796. The van der Waals surface area contributed by atoms with Crippen LogP contribution >= 0.6 is 0 Å². The zero-order valence-corrected chi connectivity index (χ0v) is 11.1. The molecule has 18 heavy (non-hydrogen) atoms. The molecule has 0 bridgehead atoms. The van der Waals surface area contributed by atoms with Crippen molar-refractivity contribution in [3.05, 3.63) is 11.7 Å². The number of sulfone groups is 1. The Bertz CT molecular complexity index is 535. The average molecular weight is 272 g/mol. The van der Waals surface area contributed by atoms with Gasteiger partial charge in [0.25, 0.3) is 0 Å². The van der Waals surface area contributed by atoms with E-state index in [1.54, 1.807) is 0 Å². The molecule has 0 amide bonds. The fraction of sp³-hybridized carbons (Fsp3) is 0.727. The molecule has 0 saturated carbocycles. The highest BCUT2D eigenvalue weighted by atomic mass is 32.2. The van der Waals surface area contributed by atoms with Crippen molar-refractivity contribution in [3.8, 4) is 0 Å². The van der Waals surface area contributed by atoms with Gasteiger partial charge in [-0.25, -0.2) is 8.42 Å². The van der Waals surface area contributed by atoms with Gasteiger partial charge in [-0.3, -0.25) is 4.79 Å². The van der Waals surface area contributed by atoms with Gasteiger partial charge < -0.3 is 4.52 Å². The molecule has 1 unspecified atom stereocenters. The van der Waals surface area contributed by atoms with E-state index in [0.29, 0.717) is 24.6 Å². The van der Waals surface area contributed by atoms with Crippen molar-refractivity contribution in [2.45, 2.75) is 32.6 Å². The van der Waals surface area contributed by atoms with Crippen LogP contribution < -0.4 is 0 Å². The summed E-state index contributed by atoms with van der Waals surface area (Å²) in [5, 5.41) is 3.78. The van der Waals surface area contributed by atoms with Crippen LogP contribution in [-0.2, 0) is 27.5 Å². The van der Waals surface area contributed by atoms with Crippen molar-refractivity contribution in [2.75, 3.05) is 11.5 Å². The summed E-state index contributed by atoms with van der Waals surface area (Å²) < 4.78 is 27.9. The highest BCUT2D eigenvalue weighted by molar-refractivity contribution is 7.91. The number of carbonyl (C=O) groups is 1. The van der Waals surface area contributed by atoms with Crippen molar-refractivity contribution in [1.29, 1.82) is 0 Å². The van der Waals surface area contributed by atoms with Crippen LogP contribution in [0.2, 0.25) is 0 Å². The van der Waals surface area contributed by atoms with E-state index >= 15 is 0 Å². The summed E-state index contributed by atoms with van der Waals surface area (Å²) in [6.45, 7) is 1.46. The third-order valence-electron chi connectivity index (χ3n) is 2.94. The molecular weight excluding hydrogens is 256 g/mol. The molecule has 1 atom stereocenters. The van der Waals surface area contributed by atoms with Gasteiger partial charge in [-0.05, 0) is 25.7 Å². The minimum atomic E-state index is -2.90. The second-order valence-electron chi connectivity index (χ2n) is 4.81. The summed E-state index contributed by atoms with van der Waals surface area (Å²) >= 11 is 0. The minimum absolute atomic E-state index is 0.0366. The first kappa shape index (κ1) is 13.2. The van der Waals surface area contributed by atoms with E-state index in [2.05, 4.69) is 10.1 Å². The highest BCUT2D eigenvalue weighted by Gasteiger charge is 2.26. The number of Topliss-reactive ketones (excluding diaryl/α,β-unsaturated/α-hetero) is 1. The number of hydrogen-bond donors (Lipinski definition) is 0. The molecule has 1 aliphatic heterocycles. The lowest BCUT2D eigenvalue weighted by molar-refractivity contribution is -0.116. The van der Waals surface area contributed by atoms with E-state index in [4.69, 9.17) is 4.52 Å². The van der Waals surface area contributed by atoms with Crippen molar-refractivity contribution in [2.24, 2.45) is 5.92 Å². The standard InChI is InChI=1S/C11H16N2O4S/c1-8(14)5-11-12-10(13-17-11)6-9-3-2-4-18(15,16)7-9/h9H,2-7H2,1H3. The predicted octanol–water partition coefficient (Wildman–Crippen LogP) is 0.568. The fourth-order valence-electron chi connectivity index (χ4n) is 2.19. The molecule has 0 spiro atoms. The number of nitrogens with zero attached hydrogens (tertiary/aromatic N) is 2. The van der Waals surface area contributed by atoms with Gasteiger partial charge in [0.05, 0.1) is 17.9 Å². The number of ketones is 1. The maximum Gasteiger partial charge on any atom is 0.234 e. The van der Waals surface area contributed by atoms with E-state index in [9.17, 15) is 13.2 Å². The molecule has 0 aromatic carbocycles. The van der Waals surface area contributed by atoms with E-state index in [-0.39, 0.29) is 29.6 Å². The Balaban J connectivity index is 1.97. The molecular formula is C11H16N2O4S. The largest absolute Gasteiger partial charge is 0.339 e. The molecule has 1 saturated heterocycles. The maximum atomic E-state index is 11.5. The van der Waals surface area contributed by atoms with Gasteiger partial charge in [-0.15, -0.1) is 0 Å². The van der Waals surface area contributed by atoms with Crippen LogP contribution in [0, 0.1) is 5.92 Å². The maximum absolute atomic E-state index is 11.5. The highest BCUT2D eigenvalue weighted by Crippen LogP contribution is 2.21. The molecule has 2 heterocycles. The third-order valence-corrected chi connectivity index (χ3v) is 4.83. The summed E-state index contributed by atoms with van der Waals surface area (Å²) in [6.07, 6.45) is 2.21. The third kappa shape index (κ3) is 3.63.